The van der Waals surface area contributed by atoms with Gasteiger partial charge in [-0.2, -0.15) is 0 Å². The van der Waals surface area contributed by atoms with E-state index in [2.05, 4.69) is 0 Å². The molecule has 13 heavy (non-hydrogen) atoms. The molecule has 0 bridgehead atoms. The van der Waals surface area contributed by atoms with Crippen molar-refractivity contribution in [3.8, 4) is 0 Å². The molecule has 2 nitrogen and oxygen atoms in total. The molecule has 0 saturated heterocycles. The average Bonchev–Trinajstić information content (AvgIpc) is 2.19. The molecular formula is C11H18O2. The van der Waals surface area contributed by atoms with E-state index in [0.29, 0.717) is 12.3 Å². The van der Waals surface area contributed by atoms with Crippen LogP contribution in [0.15, 0.2) is 0 Å². The maximum Gasteiger partial charge on any atom is 0.151 e. The Morgan fingerprint density at radius 1 is 1.15 bits per heavy atom. The number of aldehydes is 1. The van der Waals surface area contributed by atoms with Gasteiger partial charge in [0.2, 0.25) is 0 Å². The van der Waals surface area contributed by atoms with Gasteiger partial charge in [0.15, 0.2) is 6.29 Å². The van der Waals surface area contributed by atoms with Crippen LogP contribution >= 0.6 is 0 Å². The first-order valence-corrected chi connectivity index (χ1v) is 5.45. The van der Waals surface area contributed by atoms with Crippen molar-refractivity contribution in [1.29, 1.82) is 0 Å². The van der Waals surface area contributed by atoms with Gasteiger partial charge in [0, 0.05) is 0 Å². The van der Waals surface area contributed by atoms with Crippen LogP contribution in [0.3, 0.4) is 0 Å². The molecule has 0 radical (unpaired) electrons. The lowest BCUT2D eigenvalue weighted by Crippen LogP contribution is -2.47. The second kappa shape index (κ2) is 3.41. The number of carbonyl (C=O) groups excluding carboxylic acids is 1. The SMILES string of the molecule is O=CC1(O)CCC[C@@H]2CCCC[C@H]21. The monoisotopic (exact) mass is 182 g/mol. The van der Waals surface area contributed by atoms with E-state index in [0.717, 1.165) is 19.1 Å². The zero-order chi connectivity index (χ0) is 9.31. The number of aliphatic hydroxyl groups is 1. The molecule has 0 aromatic heterocycles. The predicted octanol–water partition coefficient (Wildman–Crippen LogP) is 1.91. The molecule has 2 aliphatic rings. The molecule has 2 rings (SSSR count). The molecule has 0 aromatic rings. The lowest BCUT2D eigenvalue weighted by molar-refractivity contribution is -0.140. The quantitative estimate of drug-likeness (QED) is 0.629. The second-order valence-electron chi connectivity index (χ2n) is 4.65. The molecule has 3 atom stereocenters. The van der Waals surface area contributed by atoms with Crippen molar-refractivity contribution in [3.63, 3.8) is 0 Å². The molecule has 1 N–H and O–H groups in total. The lowest BCUT2D eigenvalue weighted by Gasteiger charge is -2.44. The Hall–Kier alpha value is -0.370. The summed E-state index contributed by atoms with van der Waals surface area (Å²) < 4.78 is 0. The summed E-state index contributed by atoms with van der Waals surface area (Å²) in [5.74, 6) is 0.894. The number of rotatable bonds is 1. The fourth-order valence-electron chi connectivity index (χ4n) is 3.19. The van der Waals surface area contributed by atoms with Crippen LogP contribution in [0.4, 0.5) is 0 Å². The summed E-state index contributed by atoms with van der Waals surface area (Å²) in [4.78, 5) is 10.9. The summed E-state index contributed by atoms with van der Waals surface area (Å²) in [6, 6.07) is 0. The van der Waals surface area contributed by atoms with Crippen LogP contribution in [-0.2, 0) is 4.79 Å². The third-order valence-electron chi connectivity index (χ3n) is 3.91. The highest BCUT2D eigenvalue weighted by Crippen LogP contribution is 2.44. The largest absolute Gasteiger partial charge is 0.382 e. The van der Waals surface area contributed by atoms with Gasteiger partial charge in [-0.1, -0.05) is 19.3 Å². The van der Waals surface area contributed by atoms with Crippen LogP contribution in [0.2, 0.25) is 0 Å². The molecule has 0 spiro atoms. The summed E-state index contributed by atoms with van der Waals surface area (Å²) in [6.07, 6.45) is 8.50. The van der Waals surface area contributed by atoms with Crippen LogP contribution in [0, 0.1) is 11.8 Å². The Labute approximate surface area is 79.3 Å². The molecule has 0 heterocycles. The van der Waals surface area contributed by atoms with Gasteiger partial charge in [0.05, 0.1) is 0 Å². The predicted molar refractivity (Wildman–Crippen MR) is 50.3 cm³/mol. The normalized spacial score (nSPS) is 45.3. The number of carbonyl (C=O) groups is 1. The number of hydrogen-bond donors (Lipinski definition) is 1. The van der Waals surface area contributed by atoms with Crippen molar-refractivity contribution in [2.24, 2.45) is 11.8 Å². The van der Waals surface area contributed by atoms with Crippen LogP contribution in [0.1, 0.15) is 44.9 Å². The van der Waals surface area contributed by atoms with E-state index in [1.807, 2.05) is 0 Å². The van der Waals surface area contributed by atoms with Crippen molar-refractivity contribution in [1.82, 2.24) is 0 Å². The minimum atomic E-state index is -0.969. The van der Waals surface area contributed by atoms with E-state index in [1.54, 1.807) is 0 Å². The van der Waals surface area contributed by atoms with Crippen LogP contribution in [0.5, 0.6) is 0 Å². The summed E-state index contributed by atoms with van der Waals surface area (Å²) in [5, 5.41) is 10.1. The van der Waals surface area contributed by atoms with Crippen molar-refractivity contribution in [2.45, 2.75) is 50.5 Å². The Morgan fingerprint density at radius 2 is 1.85 bits per heavy atom. The molecule has 2 saturated carbocycles. The Kier molecular flexibility index (Phi) is 2.41. The van der Waals surface area contributed by atoms with Gasteiger partial charge in [-0.25, -0.2) is 0 Å². The fourth-order valence-corrected chi connectivity index (χ4v) is 3.19. The van der Waals surface area contributed by atoms with E-state index in [-0.39, 0.29) is 5.92 Å². The van der Waals surface area contributed by atoms with Crippen molar-refractivity contribution < 1.29 is 9.90 Å². The topological polar surface area (TPSA) is 37.3 Å². The average molecular weight is 182 g/mol. The Bertz CT molecular complexity index is 200. The molecule has 0 amide bonds. The minimum absolute atomic E-state index is 0.271. The highest BCUT2D eigenvalue weighted by atomic mass is 16.3. The maximum absolute atomic E-state index is 10.9. The summed E-state index contributed by atoms with van der Waals surface area (Å²) in [5.41, 5.74) is -0.969. The lowest BCUT2D eigenvalue weighted by atomic mass is 9.63. The van der Waals surface area contributed by atoms with E-state index in [4.69, 9.17) is 0 Å². The zero-order valence-corrected chi connectivity index (χ0v) is 8.04. The molecular weight excluding hydrogens is 164 g/mol. The van der Waals surface area contributed by atoms with E-state index in [9.17, 15) is 9.90 Å². The molecule has 74 valence electrons. The minimum Gasteiger partial charge on any atom is -0.382 e. The van der Waals surface area contributed by atoms with Crippen LogP contribution < -0.4 is 0 Å². The first-order chi connectivity index (χ1) is 6.26. The van der Waals surface area contributed by atoms with Gasteiger partial charge < -0.3 is 9.90 Å². The van der Waals surface area contributed by atoms with E-state index < -0.39 is 5.60 Å². The van der Waals surface area contributed by atoms with Crippen molar-refractivity contribution >= 4 is 6.29 Å². The van der Waals surface area contributed by atoms with Crippen molar-refractivity contribution in [2.75, 3.05) is 0 Å². The Balaban J connectivity index is 2.15. The van der Waals surface area contributed by atoms with Gasteiger partial charge in [-0.15, -0.1) is 0 Å². The van der Waals surface area contributed by atoms with Crippen molar-refractivity contribution in [3.05, 3.63) is 0 Å². The first-order valence-electron chi connectivity index (χ1n) is 5.45. The maximum atomic E-state index is 10.9. The van der Waals surface area contributed by atoms with Gasteiger partial charge in [0.25, 0.3) is 0 Å². The molecule has 0 aromatic carbocycles. The zero-order valence-electron chi connectivity index (χ0n) is 8.04. The summed E-state index contributed by atoms with van der Waals surface area (Å²) >= 11 is 0. The van der Waals surface area contributed by atoms with Crippen LogP contribution in [-0.4, -0.2) is 17.0 Å². The fraction of sp³-hybridized carbons (Fsp3) is 0.909. The third kappa shape index (κ3) is 1.52. The number of hydrogen-bond acceptors (Lipinski definition) is 2. The van der Waals surface area contributed by atoms with E-state index >= 15 is 0 Å². The van der Waals surface area contributed by atoms with Gasteiger partial charge in [0.1, 0.15) is 5.60 Å². The van der Waals surface area contributed by atoms with E-state index in [1.165, 1.54) is 25.7 Å². The standard InChI is InChI=1S/C11H18O2/c12-8-11(13)7-3-5-9-4-1-2-6-10(9)11/h8-10,13H,1-7H2/t9-,10+,11?/m0/s1. The third-order valence-corrected chi connectivity index (χ3v) is 3.91. The summed E-state index contributed by atoms with van der Waals surface area (Å²) in [7, 11) is 0. The second-order valence-corrected chi connectivity index (χ2v) is 4.65. The number of fused-ring (bicyclic) bond motifs is 1. The van der Waals surface area contributed by atoms with Gasteiger partial charge >= 0.3 is 0 Å². The van der Waals surface area contributed by atoms with Gasteiger partial charge in [-0.3, -0.25) is 0 Å². The molecule has 0 aliphatic heterocycles. The highest BCUT2D eigenvalue weighted by Gasteiger charge is 2.44. The molecule has 2 heteroatoms. The smallest absolute Gasteiger partial charge is 0.151 e. The van der Waals surface area contributed by atoms with Gasteiger partial charge in [-0.05, 0) is 37.5 Å². The Morgan fingerprint density at radius 3 is 2.62 bits per heavy atom. The van der Waals surface area contributed by atoms with Crippen LogP contribution in [0.25, 0.3) is 0 Å². The summed E-state index contributed by atoms with van der Waals surface area (Å²) in [6.45, 7) is 0. The molecule has 2 aliphatic carbocycles. The highest BCUT2D eigenvalue weighted by molar-refractivity contribution is 5.63. The molecule has 2 fully saturated rings. The first kappa shape index (κ1) is 9.20. The molecule has 1 unspecified atom stereocenters.